The van der Waals surface area contributed by atoms with Crippen molar-refractivity contribution in [3.63, 3.8) is 0 Å². The predicted octanol–water partition coefficient (Wildman–Crippen LogP) is 10.2. The van der Waals surface area contributed by atoms with Crippen LogP contribution in [0.3, 0.4) is 0 Å². The molecule has 1 aromatic carbocycles. The number of unbranched alkanes of at least 4 members (excludes halogenated alkanes) is 15. The van der Waals surface area contributed by atoms with Gasteiger partial charge in [-0.05, 0) is 28.1 Å². The average Bonchev–Trinajstić information content (AvgIpc) is 2.78. The Morgan fingerprint density at radius 2 is 1.17 bits per heavy atom. The lowest BCUT2D eigenvalue weighted by atomic mass is 10.0. The molecule has 172 valence electrons. The van der Waals surface area contributed by atoms with E-state index < -0.39 is 0 Å². The van der Waals surface area contributed by atoms with Crippen molar-refractivity contribution in [1.82, 2.24) is 0 Å². The van der Waals surface area contributed by atoms with Crippen molar-refractivity contribution in [2.24, 2.45) is 0 Å². The molecule has 0 aliphatic carbocycles. The van der Waals surface area contributed by atoms with E-state index in [0.29, 0.717) is 6.61 Å². The molecule has 30 heavy (non-hydrogen) atoms. The maximum atomic E-state index is 5.88. The molecule has 2 heteroatoms. The molecule has 0 heterocycles. The van der Waals surface area contributed by atoms with Gasteiger partial charge in [0, 0.05) is 0 Å². The fourth-order valence-corrected chi connectivity index (χ4v) is 4.42. The fourth-order valence-electron chi connectivity index (χ4n) is 3.93. The summed E-state index contributed by atoms with van der Waals surface area (Å²) >= 11 is 2.36. The van der Waals surface area contributed by atoms with E-state index >= 15 is 0 Å². The van der Waals surface area contributed by atoms with E-state index in [1.165, 1.54) is 120 Å². The lowest BCUT2D eigenvalue weighted by molar-refractivity contribution is 0.140. The summed E-state index contributed by atoms with van der Waals surface area (Å²) in [7, 11) is 0. The third-order valence-corrected chi connectivity index (χ3v) is 6.79. The number of rotatable bonds is 21. The van der Waals surface area contributed by atoms with Gasteiger partial charge in [-0.15, -0.1) is 0 Å². The highest BCUT2D eigenvalue weighted by molar-refractivity contribution is 14.1. The highest BCUT2D eigenvalue weighted by Crippen LogP contribution is 2.16. The van der Waals surface area contributed by atoms with Crippen LogP contribution >= 0.6 is 22.6 Å². The zero-order valence-corrected chi connectivity index (χ0v) is 21.8. The van der Waals surface area contributed by atoms with Crippen LogP contribution in [0.25, 0.3) is 0 Å². The number of ether oxygens (including phenoxy) is 1. The molecule has 0 amide bonds. The van der Waals surface area contributed by atoms with E-state index in [0.717, 1.165) is 6.61 Å². The van der Waals surface area contributed by atoms with Crippen LogP contribution < -0.4 is 0 Å². The van der Waals surface area contributed by atoms with Crippen molar-refractivity contribution in [2.45, 2.75) is 123 Å². The molecule has 0 aliphatic heterocycles. The fraction of sp³-hybridized carbons (Fsp3) is 0.714. The Morgan fingerprint density at radius 3 is 1.63 bits per heavy atom. The maximum Gasteiger partial charge on any atom is 0.0721 e. The minimum absolute atomic E-state index is 0.716. The molecule has 0 unspecified atom stereocenters. The second-order valence-corrected chi connectivity index (χ2v) is 9.42. The van der Waals surface area contributed by atoms with E-state index in [1.54, 1.807) is 0 Å². The molecular weight excluding hydrogens is 479 g/mol. The van der Waals surface area contributed by atoms with Crippen LogP contribution in [-0.2, 0) is 11.3 Å². The van der Waals surface area contributed by atoms with Crippen molar-refractivity contribution < 1.29 is 4.74 Å². The first-order valence-corrected chi connectivity index (χ1v) is 14.0. The molecule has 0 spiro atoms. The smallest absolute Gasteiger partial charge is 0.0721 e. The van der Waals surface area contributed by atoms with Gasteiger partial charge in [-0.25, -0.2) is 0 Å². The Morgan fingerprint density at radius 1 is 0.700 bits per heavy atom. The summed E-state index contributed by atoms with van der Waals surface area (Å²) in [6.45, 7) is 3.79. The first-order valence-electron chi connectivity index (χ1n) is 12.8. The molecule has 1 rings (SSSR count). The van der Waals surface area contributed by atoms with Crippen LogP contribution in [0.4, 0.5) is 0 Å². The van der Waals surface area contributed by atoms with E-state index in [2.05, 4.69) is 63.9 Å². The summed E-state index contributed by atoms with van der Waals surface area (Å²) in [5, 5.41) is 0. The summed E-state index contributed by atoms with van der Waals surface area (Å²) < 4.78 is 8.10. The molecule has 0 saturated carbocycles. The topological polar surface area (TPSA) is 9.23 Å². The van der Waals surface area contributed by atoms with E-state index in [9.17, 15) is 0 Å². The average molecular weight is 527 g/mol. The van der Waals surface area contributed by atoms with Crippen molar-refractivity contribution >= 4 is 22.6 Å². The molecule has 0 fully saturated rings. The van der Waals surface area contributed by atoms with Crippen LogP contribution in [-0.4, -0.2) is 6.61 Å². The van der Waals surface area contributed by atoms with Crippen molar-refractivity contribution in [3.05, 3.63) is 45.6 Å². The molecule has 0 N–H and O–H groups in total. The van der Waals surface area contributed by atoms with E-state index in [-0.39, 0.29) is 0 Å². The first kappa shape index (κ1) is 27.7. The third kappa shape index (κ3) is 17.3. The summed E-state index contributed by atoms with van der Waals surface area (Å²) in [6.07, 6.45) is 24.1. The highest BCUT2D eigenvalue weighted by atomic mass is 127. The Hall–Kier alpha value is -0.350. The molecule has 0 atom stereocenters. The zero-order valence-electron chi connectivity index (χ0n) is 19.7. The second kappa shape index (κ2) is 21.9. The first-order chi connectivity index (χ1) is 14.9. The summed E-state index contributed by atoms with van der Waals surface area (Å²) in [5.41, 5.74) is 2.70. The van der Waals surface area contributed by atoms with Gasteiger partial charge in [0.05, 0.1) is 13.2 Å². The van der Waals surface area contributed by atoms with Crippen LogP contribution in [0.5, 0.6) is 0 Å². The Balaban J connectivity index is 1.81. The number of benzene rings is 1. The minimum Gasteiger partial charge on any atom is -0.372 e. The summed E-state index contributed by atoms with van der Waals surface area (Å²) in [5.74, 6) is 0. The van der Waals surface area contributed by atoms with E-state index in [1.807, 2.05) is 0 Å². The normalized spacial score (nSPS) is 11.9. The molecule has 0 bridgehead atoms. The molecule has 1 aromatic rings. The number of halogens is 1. The van der Waals surface area contributed by atoms with Gasteiger partial charge in [-0.3, -0.25) is 0 Å². The van der Waals surface area contributed by atoms with Gasteiger partial charge in [0.1, 0.15) is 0 Å². The van der Waals surface area contributed by atoms with Crippen molar-refractivity contribution in [1.29, 1.82) is 0 Å². The van der Waals surface area contributed by atoms with Crippen LogP contribution in [0.1, 0.15) is 122 Å². The van der Waals surface area contributed by atoms with Gasteiger partial charge in [0.15, 0.2) is 0 Å². The zero-order chi connectivity index (χ0) is 21.5. The summed E-state index contributed by atoms with van der Waals surface area (Å²) in [6, 6.07) is 10.5. The minimum atomic E-state index is 0.716. The van der Waals surface area contributed by atoms with Gasteiger partial charge < -0.3 is 4.74 Å². The maximum absolute atomic E-state index is 5.88. The molecule has 0 aromatic heterocycles. The van der Waals surface area contributed by atoms with Crippen LogP contribution in [0, 0.1) is 0 Å². The molecule has 0 aliphatic rings. The molecule has 0 saturated heterocycles. The second-order valence-electron chi connectivity index (χ2n) is 8.80. The third-order valence-electron chi connectivity index (χ3n) is 5.90. The van der Waals surface area contributed by atoms with Gasteiger partial charge >= 0.3 is 0 Å². The Kier molecular flexibility index (Phi) is 20.2. The Labute approximate surface area is 201 Å². The standard InChI is InChI=1S/C28H47IO/c1-2-3-4-5-6-7-8-9-10-11-12-13-14-15-16-18-23-28(24-29)26-30-25-27-21-19-17-20-22-27/h17,19-22,24H,2-16,18,23,25-26H2,1H3. The molecule has 0 radical (unpaired) electrons. The van der Waals surface area contributed by atoms with E-state index in [4.69, 9.17) is 4.74 Å². The monoisotopic (exact) mass is 526 g/mol. The lowest BCUT2D eigenvalue weighted by Gasteiger charge is -2.08. The Bertz CT molecular complexity index is 497. The largest absolute Gasteiger partial charge is 0.372 e. The number of hydrogen-bond donors (Lipinski definition) is 0. The van der Waals surface area contributed by atoms with Crippen LogP contribution in [0.15, 0.2) is 40.0 Å². The quantitative estimate of drug-likeness (QED) is 0.114. The highest BCUT2D eigenvalue weighted by Gasteiger charge is 2.00. The molecular formula is C28H47IO. The van der Waals surface area contributed by atoms with Crippen molar-refractivity contribution in [2.75, 3.05) is 6.61 Å². The van der Waals surface area contributed by atoms with Gasteiger partial charge in [0.25, 0.3) is 0 Å². The molecule has 1 nitrogen and oxygen atoms in total. The van der Waals surface area contributed by atoms with Crippen molar-refractivity contribution in [3.8, 4) is 0 Å². The van der Waals surface area contributed by atoms with Gasteiger partial charge in [-0.1, -0.05) is 156 Å². The SMILES string of the molecule is CCCCCCCCCCCCCCCCCCC(=CI)COCc1ccccc1. The van der Waals surface area contributed by atoms with Gasteiger partial charge in [0.2, 0.25) is 0 Å². The predicted molar refractivity (Wildman–Crippen MR) is 142 cm³/mol. The lowest BCUT2D eigenvalue weighted by Crippen LogP contribution is -1.99. The van der Waals surface area contributed by atoms with Crippen LogP contribution in [0.2, 0.25) is 0 Å². The number of hydrogen-bond acceptors (Lipinski definition) is 1. The summed E-state index contributed by atoms with van der Waals surface area (Å²) in [4.78, 5) is 0. The van der Waals surface area contributed by atoms with Gasteiger partial charge in [-0.2, -0.15) is 0 Å².